The molecule has 0 saturated carbocycles. The molecule has 0 radical (unpaired) electrons. The first-order valence-corrected chi connectivity index (χ1v) is 8.38. The highest BCUT2D eigenvalue weighted by molar-refractivity contribution is 8.00. The maximum Gasteiger partial charge on any atom is 0.237 e. The first-order chi connectivity index (χ1) is 10.2. The number of aliphatic hydroxyl groups excluding tert-OH is 1. The summed E-state index contributed by atoms with van der Waals surface area (Å²) in [6, 6.07) is 5.78. The van der Waals surface area contributed by atoms with E-state index in [1.165, 1.54) is 6.42 Å². The molecule has 1 aromatic carbocycles. The lowest BCUT2D eigenvalue weighted by Crippen LogP contribution is -2.27. The third kappa shape index (κ3) is 4.80. The smallest absolute Gasteiger partial charge is 0.237 e. The highest BCUT2D eigenvalue weighted by atomic mass is 32.2. The quantitative estimate of drug-likeness (QED) is 0.844. The zero-order valence-electron chi connectivity index (χ0n) is 12.3. The number of thioether (sulfide) groups is 1. The Kier molecular flexibility index (Phi) is 6.16. The summed E-state index contributed by atoms with van der Waals surface area (Å²) in [6.45, 7) is 2.06. The predicted octanol–water partition coefficient (Wildman–Crippen LogP) is 2.95. The first-order valence-electron chi connectivity index (χ1n) is 7.33. The SMILES string of the molecule is Cc1cc(C#CCCO)ccc1NC(=O)C1CCCCS1. The van der Waals surface area contributed by atoms with E-state index in [0.29, 0.717) is 6.42 Å². The summed E-state index contributed by atoms with van der Waals surface area (Å²) >= 11 is 1.76. The van der Waals surface area contributed by atoms with Crippen molar-refractivity contribution in [2.45, 2.75) is 37.9 Å². The van der Waals surface area contributed by atoms with Crippen LogP contribution in [0.1, 0.15) is 36.8 Å². The summed E-state index contributed by atoms with van der Waals surface area (Å²) in [5, 5.41) is 11.8. The second-order valence-electron chi connectivity index (χ2n) is 5.15. The molecule has 1 aliphatic rings. The summed E-state index contributed by atoms with van der Waals surface area (Å²) < 4.78 is 0. The molecule has 0 aromatic heterocycles. The second-order valence-corrected chi connectivity index (χ2v) is 6.46. The predicted molar refractivity (Wildman–Crippen MR) is 88.5 cm³/mol. The van der Waals surface area contributed by atoms with Gasteiger partial charge in [-0.15, -0.1) is 11.8 Å². The Morgan fingerprint density at radius 2 is 2.33 bits per heavy atom. The van der Waals surface area contributed by atoms with Gasteiger partial charge in [0.15, 0.2) is 0 Å². The van der Waals surface area contributed by atoms with E-state index in [0.717, 1.165) is 35.4 Å². The molecule has 2 N–H and O–H groups in total. The maximum atomic E-state index is 12.2. The first kappa shape index (κ1) is 15.9. The number of aliphatic hydroxyl groups is 1. The van der Waals surface area contributed by atoms with E-state index in [-0.39, 0.29) is 17.8 Å². The Morgan fingerprint density at radius 3 is 3.00 bits per heavy atom. The number of hydrogen-bond acceptors (Lipinski definition) is 3. The van der Waals surface area contributed by atoms with Gasteiger partial charge < -0.3 is 10.4 Å². The number of anilines is 1. The molecule has 1 aromatic rings. The molecule has 1 fully saturated rings. The van der Waals surface area contributed by atoms with Crippen molar-refractivity contribution in [2.75, 3.05) is 17.7 Å². The van der Waals surface area contributed by atoms with Crippen molar-refractivity contribution in [2.24, 2.45) is 0 Å². The Labute approximate surface area is 130 Å². The number of benzene rings is 1. The van der Waals surface area contributed by atoms with Gasteiger partial charge in [-0.1, -0.05) is 18.3 Å². The monoisotopic (exact) mass is 303 g/mol. The summed E-state index contributed by atoms with van der Waals surface area (Å²) in [6.07, 6.45) is 3.81. The topological polar surface area (TPSA) is 49.3 Å². The molecule has 0 aliphatic carbocycles. The summed E-state index contributed by atoms with van der Waals surface area (Å²) in [7, 11) is 0. The van der Waals surface area contributed by atoms with Gasteiger partial charge in [0, 0.05) is 17.7 Å². The number of rotatable bonds is 3. The fourth-order valence-electron chi connectivity index (χ4n) is 2.26. The van der Waals surface area contributed by atoms with Gasteiger partial charge in [0.2, 0.25) is 5.91 Å². The lowest BCUT2D eigenvalue weighted by Gasteiger charge is -2.21. The largest absolute Gasteiger partial charge is 0.395 e. The Hall–Kier alpha value is -1.44. The number of carbonyl (C=O) groups excluding carboxylic acids is 1. The summed E-state index contributed by atoms with van der Waals surface area (Å²) in [4.78, 5) is 12.2. The van der Waals surface area contributed by atoms with E-state index >= 15 is 0 Å². The van der Waals surface area contributed by atoms with Gasteiger partial charge in [-0.25, -0.2) is 0 Å². The van der Waals surface area contributed by atoms with Crippen molar-refractivity contribution in [3.63, 3.8) is 0 Å². The zero-order valence-corrected chi connectivity index (χ0v) is 13.1. The Balaban J connectivity index is 2.00. The van der Waals surface area contributed by atoms with E-state index < -0.39 is 0 Å². The van der Waals surface area contributed by atoms with Crippen LogP contribution in [0, 0.1) is 18.8 Å². The summed E-state index contributed by atoms with van der Waals surface area (Å²) in [5.41, 5.74) is 2.78. The zero-order chi connectivity index (χ0) is 15.1. The van der Waals surface area contributed by atoms with Crippen molar-refractivity contribution in [3.05, 3.63) is 29.3 Å². The average Bonchev–Trinajstić information content (AvgIpc) is 2.51. The fourth-order valence-corrected chi connectivity index (χ4v) is 3.46. The van der Waals surface area contributed by atoms with Crippen LogP contribution >= 0.6 is 11.8 Å². The number of aryl methyl sites for hydroxylation is 1. The lowest BCUT2D eigenvalue weighted by molar-refractivity contribution is -0.115. The highest BCUT2D eigenvalue weighted by Crippen LogP contribution is 2.26. The van der Waals surface area contributed by atoms with Gasteiger partial charge in [-0.05, 0) is 49.3 Å². The minimum Gasteiger partial charge on any atom is -0.395 e. The van der Waals surface area contributed by atoms with E-state index in [4.69, 9.17) is 5.11 Å². The van der Waals surface area contributed by atoms with Gasteiger partial charge in [0.25, 0.3) is 0 Å². The molecule has 1 unspecified atom stereocenters. The van der Waals surface area contributed by atoms with Gasteiger partial charge in [0.05, 0.1) is 11.9 Å². The van der Waals surface area contributed by atoms with E-state index in [9.17, 15) is 4.79 Å². The van der Waals surface area contributed by atoms with Crippen molar-refractivity contribution in [1.82, 2.24) is 0 Å². The van der Waals surface area contributed by atoms with Crippen LogP contribution in [0.2, 0.25) is 0 Å². The number of hydrogen-bond donors (Lipinski definition) is 2. The molecule has 0 bridgehead atoms. The minimum atomic E-state index is 0.0825. The molecular weight excluding hydrogens is 282 g/mol. The van der Waals surface area contributed by atoms with Crippen LogP contribution in [0.5, 0.6) is 0 Å². The van der Waals surface area contributed by atoms with Crippen LogP contribution in [0.4, 0.5) is 5.69 Å². The van der Waals surface area contributed by atoms with Gasteiger partial charge >= 0.3 is 0 Å². The van der Waals surface area contributed by atoms with E-state index in [1.807, 2.05) is 25.1 Å². The third-order valence-electron chi connectivity index (χ3n) is 3.43. The molecule has 3 nitrogen and oxygen atoms in total. The molecule has 1 atom stereocenters. The van der Waals surface area contributed by atoms with Crippen LogP contribution in [0.25, 0.3) is 0 Å². The number of amides is 1. The minimum absolute atomic E-state index is 0.0825. The fraction of sp³-hybridized carbons (Fsp3) is 0.471. The number of carbonyl (C=O) groups is 1. The molecule has 4 heteroatoms. The molecule has 0 spiro atoms. The van der Waals surface area contributed by atoms with Crippen LogP contribution in [0.15, 0.2) is 18.2 Å². The summed E-state index contributed by atoms with van der Waals surface area (Å²) in [5.74, 6) is 7.10. The molecule has 21 heavy (non-hydrogen) atoms. The molecular formula is C17H21NO2S. The molecule has 1 saturated heterocycles. The van der Waals surface area contributed by atoms with Crippen molar-refractivity contribution in [1.29, 1.82) is 0 Å². The third-order valence-corrected chi connectivity index (χ3v) is 4.80. The maximum absolute atomic E-state index is 12.2. The normalized spacial score (nSPS) is 17.7. The number of nitrogens with one attached hydrogen (secondary N) is 1. The van der Waals surface area contributed by atoms with Crippen LogP contribution in [0.3, 0.4) is 0 Å². The highest BCUT2D eigenvalue weighted by Gasteiger charge is 2.21. The second kappa shape index (κ2) is 8.11. The Morgan fingerprint density at radius 1 is 1.48 bits per heavy atom. The molecule has 112 valence electrons. The van der Waals surface area contributed by atoms with Crippen molar-refractivity contribution in [3.8, 4) is 11.8 Å². The lowest BCUT2D eigenvalue weighted by atomic mass is 10.1. The van der Waals surface area contributed by atoms with Crippen LogP contribution in [-0.4, -0.2) is 28.6 Å². The molecule has 2 rings (SSSR count). The Bertz CT molecular complexity index is 554. The molecule has 1 heterocycles. The average molecular weight is 303 g/mol. The van der Waals surface area contributed by atoms with Gasteiger partial charge in [-0.2, -0.15) is 0 Å². The van der Waals surface area contributed by atoms with E-state index in [2.05, 4.69) is 17.2 Å². The standard InChI is InChI=1S/C17H21NO2S/c1-13-12-14(6-2-4-10-19)8-9-15(13)18-17(20)16-7-3-5-11-21-16/h8-9,12,16,19H,3-5,7,10-11H2,1H3,(H,18,20). The van der Waals surface area contributed by atoms with Gasteiger partial charge in [0.1, 0.15) is 0 Å². The van der Waals surface area contributed by atoms with Crippen molar-refractivity contribution >= 4 is 23.4 Å². The van der Waals surface area contributed by atoms with E-state index in [1.54, 1.807) is 11.8 Å². The van der Waals surface area contributed by atoms with Crippen LogP contribution < -0.4 is 5.32 Å². The van der Waals surface area contributed by atoms with Crippen LogP contribution in [-0.2, 0) is 4.79 Å². The molecule has 1 amide bonds. The molecule has 1 aliphatic heterocycles. The van der Waals surface area contributed by atoms with Gasteiger partial charge in [-0.3, -0.25) is 4.79 Å². The van der Waals surface area contributed by atoms with Crippen molar-refractivity contribution < 1.29 is 9.90 Å².